The van der Waals surface area contributed by atoms with Crippen molar-refractivity contribution < 1.29 is 9.59 Å². The van der Waals surface area contributed by atoms with E-state index >= 15 is 0 Å². The number of urea groups is 2. The minimum Gasteiger partial charge on any atom is -0.336 e. The quantitative estimate of drug-likeness (QED) is 0.739. The Morgan fingerprint density at radius 3 is 2.66 bits per heavy atom. The molecule has 0 unspecified atom stereocenters. The smallest absolute Gasteiger partial charge is 0.323 e. The largest absolute Gasteiger partial charge is 0.336 e. The van der Waals surface area contributed by atoms with E-state index in [0.29, 0.717) is 30.5 Å². The van der Waals surface area contributed by atoms with Gasteiger partial charge in [0.05, 0.1) is 23.6 Å². The Morgan fingerprint density at radius 1 is 1.17 bits per heavy atom. The van der Waals surface area contributed by atoms with Crippen LogP contribution in [0, 0.1) is 6.92 Å². The molecule has 2 saturated heterocycles. The van der Waals surface area contributed by atoms with Gasteiger partial charge in [0.25, 0.3) is 0 Å². The lowest BCUT2D eigenvalue weighted by molar-refractivity contribution is 0.212. The van der Waals surface area contributed by atoms with E-state index < -0.39 is 0 Å². The summed E-state index contributed by atoms with van der Waals surface area (Å²) in [5.74, 6) is 0. The second-order valence-electron chi connectivity index (χ2n) is 7.71. The number of likely N-dealkylation sites (tertiary alicyclic amines) is 1. The number of aromatic nitrogens is 2. The lowest BCUT2D eigenvalue weighted by atomic mass is 10.1. The second-order valence-corrected chi connectivity index (χ2v) is 7.71. The van der Waals surface area contributed by atoms with Gasteiger partial charge in [0.15, 0.2) is 0 Å². The highest BCUT2D eigenvalue weighted by atomic mass is 16.2. The van der Waals surface area contributed by atoms with Crippen molar-refractivity contribution in [1.29, 1.82) is 0 Å². The van der Waals surface area contributed by atoms with Crippen molar-refractivity contribution >= 4 is 29.1 Å². The maximum atomic E-state index is 12.4. The zero-order valence-corrected chi connectivity index (χ0v) is 16.8. The minimum absolute atomic E-state index is 0.115. The van der Waals surface area contributed by atoms with E-state index in [2.05, 4.69) is 33.0 Å². The molecule has 0 aliphatic carbocycles. The molecule has 4 rings (SSSR count). The van der Waals surface area contributed by atoms with Gasteiger partial charge < -0.3 is 20.9 Å². The molecule has 2 aliphatic heterocycles. The molecule has 9 nitrogen and oxygen atoms in total. The number of hydrogen-bond acceptors (Lipinski definition) is 4. The van der Waals surface area contributed by atoms with Crippen LogP contribution in [0.4, 0.5) is 26.7 Å². The van der Waals surface area contributed by atoms with Crippen molar-refractivity contribution in [2.75, 3.05) is 48.8 Å². The van der Waals surface area contributed by atoms with Gasteiger partial charge in [-0.25, -0.2) is 9.59 Å². The predicted octanol–water partition coefficient (Wildman–Crippen LogP) is 2.63. The van der Waals surface area contributed by atoms with E-state index in [1.807, 2.05) is 36.0 Å². The average molecular weight is 397 g/mol. The molecule has 0 spiro atoms. The molecule has 1 aromatic heterocycles. The summed E-state index contributed by atoms with van der Waals surface area (Å²) < 4.78 is 1.94. The van der Waals surface area contributed by atoms with Crippen molar-refractivity contribution in [2.24, 2.45) is 0 Å². The van der Waals surface area contributed by atoms with Gasteiger partial charge in [0.1, 0.15) is 0 Å². The first kappa shape index (κ1) is 19.3. The zero-order valence-electron chi connectivity index (χ0n) is 16.8. The molecule has 0 radical (unpaired) electrons. The monoisotopic (exact) mass is 397 g/mol. The molecule has 0 saturated carbocycles. The van der Waals surface area contributed by atoms with E-state index in [0.717, 1.165) is 37.2 Å². The first-order chi connectivity index (χ1) is 14.0. The number of benzene rings is 1. The number of aryl methyl sites for hydroxylation is 1. The fourth-order valence-corrected chi connectivity index (χ4v) is 3.83. The number of carbonyl (C=O) groups excluding carboxylic acids is 2. The normalized spacial score (nSPS) is 18.0. The van der Waals surface area contributed by atoms with Gasteiger partial charge in [-0.15, -0.1) is 0 Å². The number of nitrogens with one attached hydrogen (secondary N) is 3. The maximum absolute atomic E-state index is 12.4. The van der Waals surface area contributed by atoms with Gasteiger partial charge in [-0.2, -0.15) is 5.10 Å². The van der Waals surface area contributed by atoms with Crippen molar-refractivity contribution in [2.45, 2.75) is 25.8 Å². The summed E-state index contributed by atoms with van der Waals surface area (Å²) in [6.45, 7) is 5.29. The Bertz CT molecular complexity index is 902. The van der Waals surface area contributed by atoms with E-state index in [1.165, 1.54) is 0 Å². The van der Waals surface area contributed by atoms with Crippen LogP contribution < -0.4 is 20.9 Å². The van der Waals surface area contributed by atoms with Crippen LogP contribution in [-0.4, -0.2) is 60.0 Å². The molecule has 154 valence electrons. The molecule has 3 N–H and O–H groups in total. The van der Waals surface area contributed by atoms with E-state index in [9.17, 15) is 9.59 Å². The molecule has 2 aromatic rings. The highest BCUT2D eigenvalue weighted by molar-refractivity contribution is 6.01. The number of nitrogens with zero attached hydrogens (tertiary/aromatic N) is 4. The fourth-order valence-electron chi connectivity index (χ4n) is 3.83. The Balaban J connectivity index is 1.38. The molecule has 0 atom stereocenters. The first-order valence-electron chi connectivity index (χ1n) is 9.96. The Kier molecular flexibility index (Phi) is 5.39. The third-order valence-electron chi connectivity index (χ3n) is 5.54. The number of rotatable bonds is 4. The number of piperidine rings is 1. The van der Waals surface area contributed by atoms with Crippen LogP contribution >= 0.6 is 0 Å². The summed E-state index contributed by atoms with van der Waals surface area (Å²) in [5.41, 5.74) is 3.07. The van der Waals surface area contributed by atoms with E-state index in [-0.39, 0.29) is 12.1 Å². The number of amides is 4. The molecule has 1 aromatic carbocycles. The summed E-state index contributed by atoms with van der Waals surface area (Å²) in [7, 11) is 2.13. The Morgan fingerprint density at radius 2 is 1.93 bits per heavy atom. The average Bonchev–Trinajstić information content (AvgIpc) is 3.33. The Labute approximate surface area is 170 Å². The van der Waals surface area contributed by atoms with Crippen LogP contribution in [0.15, 0.2) is 30.6 Å². The van der Waals surface area contributed by atoms with E-state index in [4.69, 9.17) is 0 Å². The molecular weight excluding hydrogens is 370 g/mol. The predicted molar refractivity (Wildman–Crippen MR) is 113 cm³/mol. The van der Waals surface area contributed by atoms with Gasteiger partial charge >= 0.3 is 12.1 Å². The van der Waals surface area contributed by atoms with Gasteiger partial charge in [-0.05, 0) is 57.6 Å². The topological polar surface area (TPSA) is 94.5 Å². The molecule has 4 amide bonds. The summed E-state index contributed by atoms with van der Waals surface area (Å²) in [4.78, 5) is 28.4. The fraction of sp³-hybridized carbons (Fsp3) is 0.450. The van der Waals surface area contributed by atoms with Gasteiger partial charge in [-0.3, -0.25) is 9.58 Å². The van der Waals surface area contributed by atoms with Crippen LogP contribution in [0.25, 0.3) is 0 Å². The number of hydrogen-bond donors (Lipinski definition) is 3. The number of anilines is 3. The summed E-state index contributed by atoms with van der Waals surface area (Å²) in [5, 5.41) is 12.9. The van der Waals surface area contributed by atoms with Gasteiger partial charge in [-0.1, -0.05) is 6.07 Å². The Hall–Kier alpha value is -3.07. The van der Waals surface area contributed by atoms with Crippen LogP contribution in [-0.2, 0) is 0 Å². The van der Waals surface area contributed by atoms with E-state index in [1.54, 1.807) is 11.1 Å². The SMILES string of the molecule is Cc1ccc(NC(=O)Nc2cnn(C3CCN(C)CC3)c2)cc1N1CCNC1=O. The molecular formula is C20H27N7O2. The minimum atomic E-state index is -0.339. The van der Waals surface area contributed by atoms with Crippen molar-refractivity contribution in [3.8, 4) is 0 Å². The summed E-state index contributed by atoms with van der Waals surface area (Å²) in [6, 6.07) is 5.46. The molecule has 9 heteroatoms. The number of carbonyl (C=O) groups is 2. The van der Waals surface area contributed by atoms with Crippen molar-refractivity contribution in [3.05, 3.63) is 36.2 Å². The van der Waals surface area contributed by atoms with Crippen LogP contribution in [0.5, 0.6) is 0 Å². The summed E-state index contributed by atoms with van der Waals surface area (Å²) in [6.07, 6.45) is 5.66. The van der Waals surface area contributed by atoms with Gasteiger partial charge in [0, 0.05) is 25.0 Å². The first-order valence-corrected chi connectivity index (χ1v) is 9.96. The van der Waals surface area contributed by atoms with Gasteiger partial charge in [0.2, 0.25) is 0 Å². The molecule has 3 heterocycles. The molecule has 29 heavy (non-hydrogen) atoms. The third-order valence-corrected chi connectivity index (χ3v) is 5.54. The van der Waals surface area contributed by atoms with Crippen LogP contribution in [0.1, 0.15) is 24.4 Å². The van der Waals surface area contributed by atoms with Crippen molar-refractivity contribution in [1.82, 2.24) is 20.0 Å². The van der Waals surface area contributed by atoms with Crippen LogP contribution in [0.2, 0.25) is 0 Å². The lowest BCUT2D eigenvalue weighted by Gasteiger charge is -2.28. The second kappa shape index (κ2) is 8.12. The molecule has 2 aliphatic rings. The highest BCUT2D eigenvalue weighted by Gasteiger charge is 2.23. The molecule has 2 fully saturated rings. The summed E-state index contributed by atoms with van der Waals surface area (Å²) >= 11 is 0. The third kappa shape index (κ3) is 4.34. The lowest BCUT2D eigenvalue weighted by Crippen LogP contribution is -2.31. The van der Waals surface area contributed by atoms with Crippen LogP contribution in [0.3, 0.4) is 0 Å². The van der Waals surface area contributed by atoms with Crippen molar-refractivity contribution in [3.63, 3.8) is 0 Å². The maximum Gasteiger partial charge on any atom is 0.323 e. The standard InChI is InChI=1S/C20H27N7O2/c1-14-3-4-15(11-18(14)26-10-7-21-20(26)29)23-19(28)24-16-12-22-27(13-16)17-5-8-25(2)9-6-17/h3-4,11-13,17H,5-10H2,1-2H3,(H,21,29)(H2,23,24,28). The highest BCUT2D eigenvalue weighted by Crippen LogP contribution is 2.26. The molecule has 0 bridgehead atoms. The zero-order chi connectivity index (χ0) is 20.4.